The Balaban J connectivity index is 1.79. The van der Waals surface area contributed by atoms with Crippen LogP contribution in [0.1, 0.15) is 22.3 Å². The standard InChI is InChI=1S/C16H16N2O3/c19-14-7-6-12(10-17-14)15(20)18-9-8-16(21,11-18)13-4-2-1-3-5-13/h1-7,10,21H,8-9,11H2,(H,17,19)/t16-/m1/s1. The number of pyridine rings is 1. The quantitative estimate of drug-likeness (QED) is 0.867. The molecule has 2 aromatic rings. The van der Waals surface area contributed by atoms with Gasteiger partial charge >= 0.3 is 0 Å². The summed E-state index contributed by atoms with van der Waals surface area (Å²) in [4.78, 5) is 27.5. The predicted molar refractivity (Wildman–Crippen MR) is 77.9 cm³/mol. The zero-order valence-corrected chi connectivity index (χ0v) is 11.5. The largest absolute Gasteiger partial charge is 0.383 e. The van der Waals surface area contributed by atoms with E-state index in [0.717, 1.165) is 5.56 Å². The summed E-state index contributed by atoms with van der Waals surface area (Å²) in [6.45, 7) is 0.748. The summed E-state index contributed by atoms with van der Waals surface area (Å²) in [5.74, 6) is -0.182. The highest BCUT2D eigenvalue weighted by Crippen LogP contribution is 2.32. The van der Waals surface area contributed by atoms with E-state index in [1.807, 2.05) is 30.3 Å². The van der Waals surface area contributed by atoms with Crippen LogP contribution in [0, 0.1) is 0 Å². The van der Waals surface area contributed by atoms with E-state index in [1.54, 1.807) is 4.90 Å². The zero-order chi connectivity index (χ0) is 14.9. The van der Waals surface area contributed by atoms with Gasteiger partial charge in [-0.1, -0.05) is 30.3 Å². The fraction of sp³-hybridized carbons (Fsp3) is 0.250. The van der Waals surface area contributed by atoms with E-state index in [4.69, 9.17) is 0 Å². The number of likely N-dealkylation sites (tertiary alicyclic amines) is 1. The molecule has 0 spiro atoms. The number of carbonyl (C=O) groups excluding carboxylic acids is 1. The van der Waals surface area contributed by atoms with Crippen LogP contribution >= 0.6 is 0 Å². The van der Waals surface area contributed by atoms with Crippen molar-refractivity contribution in [2.75, 3.05) is 13.1 Å². The number of carbonyl (C=O) groups is 1. The molecule has 1 aromatic heterocycles. The van der Waals surface area contributed by atoms with Crippen LogP contribution in [0.4, 0.5) is 0 Å². The van der Waals surface area contributed by atoms with Gasteiger partial charge in [0, 0.05) is 18.8 Å². The normalized spacial score (nSPS) is 21.5. The van der Waals surface area contributed by atoms with Crippen LogP contribution in [-0.2, 0) is 5.60 Å². The zero-order valence-electron chi connectivity index (χ0n) is 11.5. The molecule has 21 heavy (non-hydrogen) atoms. The number of amides is 1. The summed E-state index contributed by atoms with van der Waals surface area (Å²) in [6, 6.07) is 12.2. The van der Waals surface area contributed by atoms with Gasteiger partial charge in [0.15, 0.2) is 0 Å². The molecular formula is C16H16N2O3. The topological polar surface area (TPSA) is 73.4 Å². The van der Waals surface area contributed by atoms with E-state index in [9.17, 15) is 14.7 Å². The van der Waals surface area contributed by atoms with Crippen LogP contribution in [0.5, 0.6) is 0 Å². The van der Waals surface area contributed by atoms with E-state index in [2.05, 4.69) is 4.98 Å². The molecule has 2 heterocycles. The van der Waals surface area contributed by atoms with Crippen LogP contribution in [0.2, 0.25) is 0 Å². The lowest BCUT2D eigenvalue weighted by Gasteiger charge is -2.24. The smallest absolute Gasteiger partial charge is 0.255 e. The maximum atomic E-state index is 12.4. The molecule has 0 unspecified atom stereocenters. The molecule has 0 saturated carbocycles. The van der Waals surface area contributed by atoms with Crippen molar-refractivity contribution in [1.82, 2.24) is 9.88 Å². The number of hydrogen-bond acceptors (Lipinski definition) is 3. The number of rotatable bonds is 2. The van der Waals surface area contributed by atoms with E-state index < -0.39 is 5.60 Å². The molecule has 5 heteroatoms. The van der Waals surface area contributed by atoms with Crippen molar-refractivity contribution in [2.24, 2.45) is 0 Å². The Morgan fingerprint density at radius 1 is 1.19 bits per heavy atom. The van der Waals surface area contributed by atoms with Gasteiger partial charge in [-0.05, 0) is 18.1 Å². The van der Waals surface area contributed by atoms with Crippen molar-refractivity contribution < 1.29 is 9.90 Å². The van der Waals surface area contributed by atoms with E-state index in [-0.39, 0.29) is 18.0 Å². The van der Waals surface area contributed by atoms with Crippen LogP contribution < -0.4 is 5.56 Å². The summed E-state index contributed by atoms with van der Waals surface area (Å²) >= 11 is 0. The van der Waals surface area contributed by atoms with Crippen molar-refractivity contribution in [1.29, 1.82) is 0 Å². The fourth-order valence-electron chi connectivity index (χ4n) is 2.68. The van der Waals surface area contributed by atoms with Gasteiger partial charge in [-0.2, -0.15) is 0 Å². The van der Waals surface area contributed by atoms with Gasteiger partial charge in [-0.3, -0.25) is 9.59 Å². The number of hydrogen-bond donors (Lipinski definition) is 2. The van der Waals surface area contributed by atoms with E-state index in [0.29, 0.717) is 18.5 Å². The molecule has 108 valence electrons. The van der Waals surface area contributed by atoms with E-state index in [1.165, 1.54) is 18.3 Å². The molecule has 1 aliphatic heterocycles. The minimum Gasteiger partial charge on any atom is -0.383 e. The molecule has 1 fully saturated rings. The average Bonchev–Trinajstić information content (AvgIpc) is 2.92. The number of β-amino-alcohol motifs (C(OH)–C–C–N with tert-alkyl or cyclic N) is 1. The van der Waals surface area contributed by atoms with Crippen molar-refractivity contribution in [3.05, 3.63) is 70.1 Å². The molecular weight excluding hydrogens is 268 g/mol. The van der Waals surface area contributed by atoms with Crippen LogP contribution in [0.25, 0.3) is 0 Å². The van der Waals surface area contributed by atoms with Crippen molar-refractivity contribution in [2.45, 2.75) is 12.0 Å². The lowest BCUT2D eigenvalue weighted by atomic mass is 9.93. The molecule has 1 saturated heterocycles. The number of benzene rings is 1. The maximum Gasteiger partial charge on any atom is 0.255 e. The highest BCUT2D eigenvalue weighted by molar-refractivity contribution is 5.94. The summed E-state index contributed by atoms with van der Waals surface area (Å²) < 4.78 is 0. The summed E-state index contributed by atoms with van der Waals surface area (Å²) in [7, 11) is 0. The van der Waals surface area contributed by atoms with Crippen LogP contribution in [0.3, 0.4) is 0 Å². The third-order valence-electron chi connectivity index (χ3n) is 3.88. The van der Waals surface area contributed by atoms with Crippen LogP contribution in [-0.4, -0.2) is 34.0 Å². The Morgan fingerprint density at radius 3 is 2.62 bits per heavy atom. The minimum atomic E-state index is -1.00. The number of aromatic nitrogens is 1. The predicted octanol–water partition coefficient (Wildman–Crippen LogP) is 1.11. The number of H-pyrrole nitrogens is 1. The molecule has 0 aliphatic carbocycles. The molecule has 0 radical (unpaired) electrons. The molecule has 1 atom stereocenters. The minimum absolute atomic E-state index is 0.182. The SMILES string of the molecule is O=C(c1ccc(=O)[nH]c1)N1CC[C@](O)(c2ccccc2)C1. The molecule has 1 aliphatic rings. The monoisotopic (exact) mass is 284 g/mol. The van der Waals surface area contributed by atoms with Gasteiger partial charge in [0.05, 0.1) is 12.1 Å². The van der Waals surface area contributed by atoms with Gasteiger partial charge in [-0.25, -0.2) is 0 Å². The third-order valence-corrected chi connectivity index (χ3v) is 3.88. The second-order valence-corrected chi connectivity index (χ2v) is 5.32. The molecule has 1 aromatic carbocycles. The summed E-state index contributed by atoms with van der Waals surface area (Å²) in [5.41, 5.74) is 0.00138. The Bertz CT molecular complexity index is 690. The number of nitrogens with zero attached hydrogens (tertiary/aromatic N) is 1. The summed E-state index contributed by atoms with van der Waals surface area (Å²) in [5, 5.41) is 10.7. The number of aliphatic hydroxyl groups is 1. The first kappa shape index (κ1) is 13.6. The Morgan fingerprint density at radius 2 is 1.95 bits per heavy atom. The number of nitrogens with one attached hydrogen (secondary N) is 1. The first-order valence-electron chi connectivity index (χ1n) is 6.84. The molecule has 3 rings (SSSR count). The molecule has 2 N–H and O–H groups in total. The first-order valence-corrected chi connectivity index (χ1v) is 6.84. The molecule has 5 nitrogen and oxygen atoms in total. The highest BCUT2D eigenvalue weighted by Gasteiger charge is 2.39. The Hall–Kier alpha value is -2.40. The van der Waals surface area contributed by atoms with Crippen molar-refractivity contribution >= 4 is 5.91 Å². The lowest BCUT2D eigenvalue weighted by Crippen LogP contribution is -2.34. The summed E-state index contributed by atoms with van der Waals surface area (Å²) in [6.07, 6.45) is 1.91. The second-order valence-electron chi connectivity index (χ2n) is 5.32. The maximum absolute atomic E-state index is 12.4. The second kappa shape index (κ2) is 5.18. The lowest BCUT2D eigenvalue weighted by molar-refractivity contribution is 0.0417. The van der Waals surface area contributed by atoms with Crippen molar-refractivity contribution in [3.8, 4) is 0 Å². The fourth-order valence-corrected chi connectivity index (χ4v) is 2.68. The van der Waals surface area contributed by atoms with Crippen molar-refractivity contribution in [3.63, 3.8) is 0 Å². The number of aromatic amines is 1. The Labute approximate surface area is 121 Å². The van der Waals surface area contributed by atoms with Gasteiger partial charge in [0.2, 0.25) is 5.56 Å². The van der Waals surface area contributed by atoms with Gasteiger partial charge in [0.25, 0.3) is 5.91 Å². The molecule has 1 amide bonds. The Kier molecular flexibility index (Phi) is 3.35. The van der Waals surface area contributed by atoms with Crippen LogP contribution in [0.15, 0.2) is 53.5 Å². The van der Waals surface area contributed by atoms with E-state index >= 15 is 0 Å². The van der Waals surface area contributed by atoms with Gasteiger partial charge < -0.3 is 15.0 Å². The average molecular weight is 284 g/mol. The first-order chi connectivity index (χ1) is 10.1. The molecule has 0 bridgehead atoms. The third kappa shape index (κ3) is 2.60. The highest BCUT2D eigenvalue weighted by atomic mass is 16.3. The van der Waals surface area contributed by atoms with Gasteiger partial charge in [0.1, 0.15) is 5.60 Å². The van der Waals surface area contributed by atoms with Gasteiger partial charge in [-0.15, -0.1) is 0 Å².